The van der Waals surface area contributed by atoms with E-state index in [1.54, 1.807) is 0 Å². The van der Waals surface area contributed by atoms with E-state index in [0.717, 1.165) is 92.8 Å². The minimum absolute atomic E-state index is 0.944. The van der Waals surface area contributed by atoms with Gasteiger partial charge in [-0.3, -0.25) is 0 Å². The SMILES string of the molecule is Brc1ccc2c(C#[C][Y])c(Br)ccc2c1C#[C][Y]. The van der Waals surface area contributed by atoms with Crippen LogP contribution >= 0.6 is 31.9 Å². The van der Waals surface area contributed by atoms with Gasteiger partial charge in [0.05, 0.1) is 0 Å². The number of hydrogen-bond acceptors (Lipinski definition) is 0. The van der Waals surface area contributed by atoms with E-state index >= 15 is 0 Å². The zero-order valence-corrected chi connectivity index (χ0v) is 18.1. The van der Waals surface area contributed by atoms with Crippen LogP contribution in [0.25, 0.3) is 10.8 Å². The summed E-state index contributed by atoms with van der Waals surface area (Å²) >= 11 is 9.03. The first kappa shape index (κ1) is 15.4. The van der Waals surface area contributed by atoms with Crippen molar-refractivity contribution in [1.82, 2.24) is 0 Å². The molecule has 0 unspecified atom stereocenters. The van der Waals surface area contributed by atoms with Gasteiger partial charge in [0, 0.05) is 0 Å². The predicted molar refractivity (Wildman–Crippen MR) is 73.1 cm³/mol. The van der Waals surface area contributed by atoms with Crippen LogP contribution in [-0.2, 0) is 61.9 Å². The summed E-state index contributed by atoms with van der Waals surface area (Å²) < 4.78 is 8.27. The third kappa shape index (κ3) is 3.17. The molecule has 0 radical (unpaired) electrons. The summed E-state index contributed by atoms with van der Waals surface area (Å²) in [5.74, 6) is 6.43. The third-order valence-corrected chi connectivity index (χ3v) is 4.52. The van der Waals surface area contributed by atoms with Crippen LogP contribution in [0.3, 0.4) is 0 Å². The van der Waals surface area contributed by atoms with E-state index < -0.39 is 0 Å². The number of rotatable bonds is 0. The van der Waals surface area contributed by atoms with Crippen molar-refractivity contribution in [3.8, 4) is 17.3 Å². The fourth-order valence-electron chi connectivity index (χ4n) is 1.75. The van der Waals surface area contributed by atoms with Gasteiger partial charge >= 0.3 is 166 Å². The zero-order chi connectivity index (χ0) is 13.1. The van der Waals surface area contributed by atoms with Crippen molar-refractivity contribution in [1.29, 1.82) is 0 Å². The second kappa shape index (κ2) is 7.13. The van der Waals surface area contributed by atoms with Gasteiger partial charge in [-0.15, -0.1) is 0 Å². The topological polar surface area (TPSA) is 0 Å². The van der Waals surface area contributed by atoms with Gasteiger partial charge in [0.1, 0.15) is 0 Å². The summed E-state index contributed by atoms with van der Waals surface area (Å²) in [4.78, 5) is 0. The first-order valence-electron chi connectivity index (χ1n) is 5.03. The van der Waals surface area contributed by atoms with Gasteiger partial charge in [-0.05, 0) is 0 Å². The number of fused-ring (bicyclic) bond motifs is 1. The van der Waals surface area contributed by atoms with Crippen molar-refractivity contribution >= 4 is 42.6 Å². The van der Waals surface area contributed by atoms with Crippen LogP contribution in [0, 0.1) is 17.3 Å². The molecule has 18 heavy (non-hydrogen) atoms. The Bertz CT molecular complexity index is 678. The second-order valence-electron chi connectivity index (χ2n) is 3.48. The van der Waals surface area contributed by atoms with E-state index in [1.165, 1.54) is 0 Å². The summed E-state index contributed by atoms with van der Waals surface area (Å²) in [7, 11) is 0. The van der Waals surface area contributed by atoms with Crippen molar-refractivity contribution in [2.45, 2.75) is 0 Å². The fourth-order valence-corrected chi connectivity index (χ4v) is 3.35. The molecular formula is C14H4Br2Y2. The van der Waals surface area contributed by atoms with Crippen LogP contribution in [0.4, 0.5) is 0 Å². The number of hydrogen-bond donors (Lipinski definition) is 0. The van der Waals surface area contributed by atoms with Gasteiger partial charge in [-0.1, -0.05) is 0 Å². The predicted octanol–water partition coefficient (Wildman–Crippen LogP) is 4.08. The summed E-state index contributed by atoms with van der Waals surface area (Å²) in [6.45, 7) is 0. The molecule has 0 amide bonds. The average Bonchev–Trinajstić information content (AvgIpc) is 2.36. The summed E-state index contributed by atoms with van der Waals surface area (Å²) in [5, 5.41) is 2.32. The number of benzene rings is 2. The van der Waals surface area contributed by atoms with Gasteiger partial charge in [-0.25, -0.2) is 0 Å². The van der Waals surface area contributed by atoms with Gasteiger partial charge < -0.3 is 0 Å². The Kier molecular flexibility index (Phi) is 6.09. The van der Waals surface area contributed by atoms with Crippen molar-refractivity contribution in [3.63, 3.8) is 0 Å². The fraction of sp³-hybridized carbons (Fsp3) is 0. The van der Waals surface area contributed by atoms with Crippen molar-refractivity contribution < 1.29 is 61.9 Å². The Labute approximate surface area is 163 Å². The van der Waals surface area contributed by atoms with E-state index in [0.29, 0.717) is 0 Å². The molecular weight excluding hydrogens is 506 g/mol. The Balaban J connectivity index is 2.95. The van der Waals surface area contributed by atoms with Gasteiger partial charge in [0.15, 0.2) is 0 Å². The third-order valence-electron chi connectivity index (χ3n) is 2.49. The Morgan fingerprint density at radius 2 is 1.11 bits per heavy atom. The van der Waals surface area contributed by atoms with Crippen LogP contribution < -0.4 is 0 Å². The Morgan fingerprint density at radius 1 is 0.722 bits per heavy atom. The molecule has 0 nitrogen and oxygen atoms in total. The summed E-state index contributed by atoms with van der Waals surface area (Å²) in [6.07, 6.45) is 0. The first-order valence-corrected chi connectivity index (χ1v) is 9.45. The van der Waals surface area contributed by atoms with Gasteiger partial charge in [-0.2, -0.15) is 0 Å². The molecule has 2 aromatic carbocycles. The molecule has 0 aliphatic heterocycles. The van der Waals surface area contributed by atoms with Crippen molar-refractivity contribution in [2.75, 3.05) is 0 Å². The molecule has 0 saturated carbocycles. The molecule has 0 aliphatic carbocycles. The van der Waals surface area contributed by atoms with Gasteiger partial charge in [0.25, 0.3) is 0 Å². The van der Waals surface area contributed by atoms with E-state index in [-0.39, 0.29) is 0 Å². The maximum atomic E-state index is 3.57. The van der Waals surface area contributed by atoms with Crippen LogP contribution in [0.2, 0.25) is 0 Å². The van der Waals surface area contributed by atoms with Crippen LogP contribution in [-0.4, -0.2) is 0 Å². The summed E-state index contributed by atoms with van der Waals surface area (Å²) in [5.41, 5.74) is 2.12. The molecule has 80 valence electrons. The Morgan fingerprint density at radius 3 is 1.44 bits per heavy atom. The van der Waals surface area contributed by atoms with E-state index in [4.69, 9.17) is 0 Å². The molecule has 0 fully saturated rings. The van der Waals surface area contributed by atoms with Crippen LogP contribution in [0.15, 0.2) is 33.2 Å². The molecule has 0 bridgehead atoms. The molecule has 0 spiro atoms. The van der Waals surface area contributed by atoms with Crippen molar-refractivity contribution in [3.05, 3.63) is 44.3 Å². The molecule has 0 N–H and O–H groups in total. The van der Waals surface area contributed by atoms with Crippen molar-refractivity contribution in [2.24, 2.45) is 0 Å². The maximum absolute atomic E-state index is 3.57. The molecule has 2 aromatic rings. The molecule has 0 heterocycles. The zero-order valence-electron chi connectivity index (χ0n) is 9.22. The molecule has 0 atom stereocenters. The molecule has 2 rings (SSSR count). The van der Waals surface area contributed by atoms with E-state index in [9.17, 15) is 0 Å². The monoisotopic (exact) mass is 508 g/mol. The molecule has 0 saturated heterocycles. The normalized spacial score (nSPS) is 9.11. The van der Waals surface area contributed by atoms with Crippen LogP contribution in [0.1, 0.15) is 11.1 Å². The standard InChI is InChI=1S/C14H4Br2.2Y/c1-3-9-11-5-8-14(16)10(4-2)12(11)6-7-13(9)15;;/h5-8H;;. The van der Waals surface area contributed by atoms with Crippen LogP contribution in [0.5, 0.6) is 0 Å². The van der Waals surface area contributed by atoms with E-state index in [1.807, 2.05) is 12.1 Å². The molecule has 4 heteroatoms. The molecule has 0 aliphatic rings. The average molecular weight is 510 g/mol. The first-order chi connectivity index (χ1) is 8.69. The minimum atomic E-state index is 0.944. The second-order valence-corrected chi connectivity index (χ2v) is 6.61. The summed E-state index contributed by atoms with van der Waals surface area (Å²) in [6, 6.07) is 8.29. The van der Waals surface area contributed by atoms with E-state index in [2.05, 4.69) is 61.3 Å². The Hall–Kier alpha value is 0.988. The number of halogens is 2. The quantitative estimate of drug-likeness (QED) is 0.470. The van der Waals surface area contributed by atoms with Gasteiger partial charge in [0.2, 0.25) is 0 Å². The molecule has 0 aromatic heterocycles.